The van der Waals surface area contributed by atoms with E-state index in [4.69, 9.17) is 0 Å². The second kappa shape index (κ2) is 9.04. The standard InChI is InChI=1S/C3H7O.Ac/c1-3-4-2;/h1,3H2,2H3;/q-1;. The molecule has 0 heterocycles. The third-order valence-corrected chi connectivity index (χ3v) is 0.204. The van der Waals surface area contributed by atoms with Crippen molar-refractivity contribution in [2.45, 2.75) is 0 Å². The fourth-order valence-electron chi connectivity index (χ4n) is 0. The van der Waals surface area contributed by atoms with Crippen LogP contribution < -0.4 is 0 Å². The van der Waals surface area contributed by atoms with Gasteiger partial charge in [-0.1, -0.05) is 6.61 Å². The van der Waals surface area contributed by atoms with Gasteiger partial charge in [0.2, 0.25) is 0 Å². The molecule has 0 spiro atoms. The predicted octanol–water partition coefficient (Wildman–Crippen LogP) is 0.467. The van der Waals surface area contributed by atoms with Crippen molar-refractivity contribution in [3.63, 3.8) is 0 Å². The summed E-state index contributed by atoms with van der Waals surface area (Å²) in [6.07, 6.45) is 0. The van der Waals surface area contributed by atoms with E-state index in [2.05, 4.69) is 11.7 Å². The molecule has 0 atom stereocenters. The van der Waals surface area contributed by atoms with Crippen LogP contribution >= 0.6 is 0 Å². The number of hydrogen-bond acceptors (Lipinski definition) is 1. The molecule has 1 nitrogen and oxygen atoms in total. The van der Waals surface area contributed by atoms with Crippen LogP contribution in [-0.2, 0) is 4.74 Å². The Morgan fingerprint density at radius 1 is 1.80 bits per heavy atom. The summed E-state index contributed by atoms with van der Waals surface area (Å²) in [6, 6.07) is 0. The molecule has 29 valence electrons. The third kappa shape index (κ3) is 10.8. The molecule has 0 aliphatic rings. The molecule has 0 saturated carbocycles. The maximum Gasteiger partial charge on any atom is 0.0319 e. The number of hydrogen-bond donors (Lipinski definition) is 0. The average Bonchev–Trinajstić information content (AvgIpc) is 1.37. The summed E-state index contributed by atoms with van der Waals surface area (Å²) in [5, 5.41) is 0. The van der Waals surface area contributed by atoms with E-state index in [0.29, 0.717) is 6.61 Å². The molecule has 0 aliphatic carbocycles. The molecule has 0 fully saturated rings. The van der Waals surface area contributed by atoms with Crippen molar-refractivity contribution in [2.24, 2.45) is 0 Å². The summed E-state index contributed by atoms with van der Waals surface area (Å²) in [5.74, 6) is 0. The first-order valence-corrected chi connectivity index (χ1v) is 1.20. The first-order valence-electron chi connectivity index (χ1n) is 1.20. The molecule has 0 aromatic heterocycles. The molecule has 0 amide bonds. The maximum atomic E-state index is 4.43. The van der Waals surface area contributed by atoms with Gasteiger partial charge >= 0.3 is 0 Å². The molecule has 2 heteroatoms. The van der Waals surface area contributed by atoms with Crippen molar-refractivity contribution in [3.05, 3.63) is 6.92 Å². The zero-order valence-electron chi connectivity index (χ0n) is 3.40. The predicted molar refractivity (Wildman–Crippen MR) is 17.2 cm³/mol. The van der Waals surface area contributed by atoms with Gasteiger partial charge in [0, 0.05) is 51.2 Å². The van der Waals surface area contributed by atoms with Crippen LogP contribution in [0.2, 0.25) is 0 Å². The Labute approximate surface area is 68.6 Å². The van der Waals surface area contributed by atoms with Crippen molar-refractivity contribution in [3.8, 4) is 0 Å². The van der Waals surface area contributed by atoms with Crippen LogP contribution in [0.15, 0.2) is 0 Å². The van der Waals surface area contributed by atoms with E-state index < -0.39 is 0 Å². The summed E-state index contributed by atoms with van der Waals surface area (Å²) >= 11 is 0. The molecule has 1 radical (unpaired) electrons. The zero-order chi connectivity index (χ0) is 3.41. The maximum absolute atomic E-state index is 4.43. The smallest absolute Gasteiger partial charge is 0.0319 e. The van der Waals surface area contributed by atoms with Gasteiger partial charge in [0.25, 0.3) is 0 Å². The summed E-state index contributed by atoms with van der Waals surface area (Å²) in [4.78, 5) is 0. The summed E-state index contributed by atoms with van der Waals surface area (Å²) in [5.41, 5.74) is 0. The Bertz CT molecular complexity index is 8.85. The topological polar surface area (TPSA) is 9.23 Å². The minimum Gasteiger partial charge on any atom is -0.417 e. The van der Waals surface area contributed by atoms with E-state index in [1.165, 1.54) is 0 Å². The van der Waals surface area contributed by atoms with Gasteiger partial charge in [-0.15, -0.1) is 0 Å². The fraction of sp³-hybridized carbons (Fsp3) is 0.667. The van der Waals surface area contributed by atoms with Gasteiger partial charge in [-0.05, 0) is 0 Å². The number of ether oxygens (including phenoxy) is 1. The normalized spacial score (nSPS) is 6.00. The summed E-state index contributed by atoms with van der Waals surface area (Å²) in [7, 11) is 1.62. The van der Waals surface area contributed by atoms with Gasteiger partial charge in [0.15, 0.2) is 0 Å². The minimum atomic E-state index is 0. The number of rotatable bonds is 1. The van der Waals surface area contributed by atoms with Crippen molar-refractivity contribution >= 4 is 0 Å². The van der Waals surface area contributed by atoms with Gasteiger partial charge in [-0.25, -0.2) is 0 Å². The zero-order valence-corrected chi connectivity index (χ0v) is 8.15. The monoisotopic (exact) mass is 286 g/mol. The van der Waals surface area contributed by atoms with E-state index in [-0.39, 0.29) is 44.1 Å². The fourth-order valence-corrected chi connectivity index (χ4v) is 0. The van der Waals surface area contributed by atoms with Crippen molar-refractivity contribution in [1.82, 2.24) is 0 Å². The van der Waals surface area contributed by atoms with Crippen LogP contribution in [0.1, 0.15) is 0 Å². The second-order valence-electron chi connectivity index (χ2n) is 0.493. The van der Waals surface area contributed by atoms with E-state index in [9.17, 15) is 0 Å². The molecule has 0 aromatic rings. The van der Waals surface area contributed by atoms with E-state index in [1.807, 2.05) is 0 Å². The van der Waals surface area contributed by atoms with E-state index in [0.717, 1.165) is 0 Å². The third-order valence-electron chi connectivity index (χ3n) is 0.204. The van der Waals surface area contributed by atoms with Crippen LogP contribution in [0.4, 0.5) is 0 Å². The first kappa shape index (κ1) is 9.64. The van der Waals surface area contributed by atoms with Crippen LogP contribution in [0.3, 0.4) is 0 Å². The van der Waals surface area contributed by atoms with Crippen LogP contribution in [0.25, 0.3) is 0 Å². The Morgan fingerprint density at radius 2 is 2.00 bits per heavy atom. The van der Waals surface area contributed by atoms with Crippen molar-refractivity contribution in [1.29, 1.82) is 0 Å². The quantitative estimate of drug-likeness (QED) is 0.637. The molecule has 0 aromatic carbocycles. The molecule has 0 bridgehead atoms. The van der Waals surface area contributed by atoms with Gasteiger partial charge in [0.1, 0.15) is 0 Å². The van der Waals surface area contributed by atoms with E-state index >= 15 is 0 Å². The summed E-state index contributed by atoms with van der Waals surface area (Å²) < 4.78 is 4.43. The van der Waals surface area contributed by atoms with Crippen molar-refractivity contribution < 1.29 is 48.8 Å². The first-order chi connectivity index (χ1) is 1.91. The molecule has 0 N–H and O–H groups in total. The van der Waals surface area contributed by atoms with Gasteiger partial charge in [-0.2, -0.15) is 0 Å². The molecule has 5 heavy (non-hydrogen) atoms. The molecule has 0 rings (SSSR count). The minimum absolute atomic E-state index is 0. The van der Waals surface area contributed by atoms with Crippen LogP contribution in [-0.4, -0.2) is 13.7 Å². The largest absolute Gasteiger partial charge is 0.417 e. The van der Waals surface area contributed by atoms with E-state index in [1.54, 1.807) is 7.11 Å². The van der Waals surface area contributed by atoms with Crippen molar-refractivity contribution in [2.75, 3.05) is 13.7 Å². The number of methoxy groups -OCH3 is 1. The molecular weight excluding hydrogens is 279 g/mol. The Kier molecular flexibility index (Phi) is 17.4. The molecule has 0 unspecified atom stereocenters. The summed E-state index contributed by atoms with van der Waals surface area (Å²) in [6.45, 7) is 3.95. The van der Waals surface area contributed by atoms with Crippen LogP contribution in [0.5, 0.6) is 0 Å². The average molecular weight is 286 g/mol. The molecular formula is C3H7AcO-. The molecule has 0 saturated heterocycles. The van der Waals surface area contributed by atoms with Gasteiger partial charge in [0.05, 0.1) is 0 Å². The second-order valence-corrected chi connectivity index (χ2v) is 0.493. The Hall–Kier alpha value is 1.40. The Balaban J connectivity index is 0. The SMILES string of the molecule is [Ac].[CH2-]COC. The van der Waals surface area contributed by atoms with Crippen LogP contribution in [0, 0.1) is 51.0 Å². The molecule has 0 aliphatic heterocycles. The van der Waals surface area contributed by atoms with Gasteiger partial charge in [-0.3, -0.25) is 0 Å². The van der Waals surface area contributed by atoms with Gasteiger partial charge < -0.3 is 11.7 Å². The Morgan fingerprint density at radius 3 is 2.00 bits per heavy atom.